The molecule has 324 valence electrons. The summed E-state index contributed by atoms with van der Waals surface area (Å²) < 4.78 is 5.46. The van der Waals surface area contributed by atoms with Gasteiger partial charge in [-0.15, -0.1) is 0 Å². The van der Waals surface area contributed by atoms with E-state index in [9.17, 15) is 28.8 Å². The van der Waals surface area contributed by atoms with Crippen LogP contribution in [0.25, 0.3) is 0 Å². The molecule has 0 radical (unpaired) electrons. The Morgan fingerprint density at radius 3 is 1.41 bits per heavy atom. The van der Waals surface area contributed by atoms with E-state index in [0.29, 0.717) is 10.0 Å². The van der Waals surface area contributed by atoms with Crippen LogP contribution in [0.15, 0.2) is 111 Å². The van der Waals surface area contributed by atoms with E-state index < -0.39 is 53.3 Å². The SMILES string of the molecule is CC(=O)C(N=Nc1ccc(Cl)c(C(=O)Nc2cc(Cl)ccc2Cl)c1)C(=O)Nc1ccc(NC(=O)C(N=Nc2ccc(Cl)c(C(=O)Nc3cc(Cl)ccc3Cl)c2)C(C)=O)c(OCCl)c1. The van der Waals surface area contributed by atoms with Crippen LogP contribution in [0.5, 0.6) is 5.75 Å². The van der Waals surface area contributed by atoms with Gasteiger partial charge in [-0.2, -0.15) is 20.5 Å². The largest absolute Gasteiger partial charge is 0.476 e. The number of nitrogens with zero attached hydrogens (tertiary/aromatic N) is 4. The van der Waals surface area contributed by atoms with E-state index in [0.717, 1.165) is 13.8 Å². The van der Waals surface area contributed by atoms with Gasteiger partial charge in [0.2, 0.25) is 12.1 Å². The molecule has 0 aliphatic rings. The lowest BCUT2D eigenvalue weighted by atomic mass is 10.1. The van der Waals surface area contributed by atoms with Crippen LogP contribution in [-0.4, -0.2) is 53.3 Å². The Kier molecular flexibility index (Phi) is 17.0. The molecule has 5 aromatic carbocycles. The van der Waals surface area contributed by atoms with Crippen molar-refractivity contribution in [3.05, 3.63) is 132 Å². The second-order valence-electron chi connectivity index (χ2n) is 12.9. The van der Waals surface area contributed by atoms with Gasteiger partial charge in [-0.25, -0.2) is 0 Å². The lowest BCUT2D eigenvalue weighted by Gasteiger charge is -2.15. The van der Waals surface area contributed by atoms with Crippen molar-refractivity contribution in [3.8, 4) is 5.75 Å². The minimum atomic E-state index is -1.67. The molecule has 0 aliphatic heterocycles. The number of amides is 4. The molecule has 0 fully saturated rings. The number of alkyl halides is 1. The summed E-state index contributed by atoms with van der Waals surface area (Å²) in [5.74, 6) is -4.51. The number of anilines is 4. The van der Waals surface area contributed by atoms with Crippen LogP contribution in [0, 0.1) is 0 Å². The van der Waals surface area contributed by atoms with Gasteiger partial charge in [0, 0.05) is 21.8 Å². The Morgan fingerprint density at radius 1 is 0.524 bits per heavy atom. The minimum absolute atomic E-state index is 0.0106. The van der Waals surface area contributed by atoms with E-state index >= 15 is 0 Å². The van der Waals surface area contributed by atoms with Gasteiger partial charge in [0.1, 0.15) is 5.75 Å². The minimum Gasteiger partial charge on any atom is -0.476 e. The van der Waals surface area contributed by atoms with Crippen LogP contribution in [-0.2, 0) is 19.2 Å². The predicted octanol–water partition coefficient (Wildman–Crippen LogP) is 12.0. The molecule has 5 rings (SSSR count). The van der Waals surface area contributed by atoms with Gasteiger partial charge in [-0.05, 0) is 98.8 Å². The summed E-state index contributed by atoms with van der Waals surface area (Å²) in [6.45, 7) is 2.25. The number of nitrogens with one attached hydrogen (secondary N) is 4. The molecule has 4 amide bonds. The van der Waals surface area contributed by atoms with Crippen LogP contribution < -0.4 is 26.0 Å². The maximum absolute atomic E-state index is 13.4. The zero-order valence-electron chi connectivity index (χ0n) is 32.3. The van der Waals surface area contributed by atoms with E-state index in [2.05, 4.69) is 41.7 Å². The second-order valence-corrected chi connectivity index (χ2v) is 15.6. The lowest BCUT2D eigenvalue weighted by Crippen LogP contribution is -2.32. The number of azo groups is 2. The molecule has 0 saturated carbocycles. The standard InChI is InChI=1S/C41H29Cl7N8O7/c1-19(57)36(55-53-24-5-10-28(45)26(15-24)38(59)51-33-13-21(43)3-8-30(33)47)40(61)49-23-7-12-32(35(17-23)63-18-42)50-41(62)37(20(2)58)56-54-25-6-11-29(46)27(16-25)39(60)52-34-14-22(44)4-9-31(34)48/h3-17,36-37H,18H2,1-2H3,(H,49,61)(H,50,62)(H,51,59)(H,52,60). The van der Waals surface area contributed by atoms with Crippen LogP contribution in [0.3, 0.4) is 0 Å². The molecule has 15 nitrogen and oxygen atoms in total. The Balaban J connectivity index is 1.28. The molecule has 63 heavy (non-hydrogen) atoms. The fourth-order valence-electron chi connectivity index (χ4n) is 5.24. The number of benzene rings is 5. The van der Waals surface area contributed by atoms with E-state index in [1.165, 1.54) is 78.9 Å². The van der Waals surface area contributed by atoms with Gasteiger partial charge in [-0.3, -0.25) is 28.8 Å². The molecule has 2 atom stereocenters. The molecule has 0 spiro atoms. The first-order chi connectivity index (χ1) is 29.9. The third kappa shape index (κ3) is 13.2. The Labute approximate surface area is 393 Å². The van der Waals surface area contributed by atoms with Crippen LogP contribution in [0.4, 0.5) is 34.1 Å². The van der Waals surface area contributed by atoms with Crippen molar-refractivity contribution >= 4 is 151 Å². The summed E-state index contributed by atoms with van der Waals surface area (Å²) in [5.41, 5.74) is 0.723. The van der Waals surface area contributed by atoms with Gasteiger partial charge in [0.25, 0.3) is 23.6 Å². The molecule has 4 N–H and O–H groups in total. The number of halogens is 7. The first kappa shape index (κ1) is 48.4. The topological polar surface area (TPSA) is 209 Å². The highest BCUT2D eigenvalue weighted by atomic mass is 35.5. The average molecular weight is 994 g/mol. The molecule has 0 aromatic heterocycles. The number of hydrogen-bond donors (Lipinski definition) is 4. The number of ketones is 2. The Hall–Kier alpha value is -5.65. The van der Waals surface area contributed by atoms with Crippen LogP contribution >= 0.6 is 81.2 Å². The summed E-state index contributed by atoms with van der Waals surface area (Å²) in [6.07, 6.45) is 0. The molecule has 22 heteroatoms. The lowest BCUT2D eigenvalue weighted by molar-refractivity contribution is -0.127. The highest BCUT2D eigenvalue weighted by molar-refractivity contribution is 6.38. The highest BCUT2D eigenvalue weighted by Gasteiger charge is 2.27. The second kappa shape index (κ2) is 22.1. The third-order valence-electron chi connectivity index (χ3n) is 8.30. The van der Waals surface area contributed by atoms with E-state index in [4.69, 9.17) is 85.9 Å². The van der Waals surface area contributed by atoms with Crippen molar-refractivity contribution in [1.82, 2.24) is 0 Å². The zero-order valence-corrected chi connectivity index (χ0v) is 37.6. The highest BCUT2D eigenvalue weighted by Crippen LogP contribution is 2.32. The van der Waals surface area contributed by atoms with E-state index in [1.54, 1.807) is 12.1 Å². The smallest absolute Gasteiger partial charge is 0.258 e. The number of carbonyl (C=O) groups is 6. The number of ether oxygens (including phenoxy) is 1. The maximum Gasteiger partial charge on any atom is 0.258 e. The first-order valence-corrected chi connectivity index (χ1v) is 20.6. The zero-order chi connectivity index (χ0) is 46.0. The number of Topliss-reactive ketones (excluding diaryl/α,β-unsaturated/α-hetero) is 2. The fourth-order valence-corrected chi connectivity index (χ4v) is 6.44. The van der Waals surface area contributed by atoms with Crippen molar-refractivity contribution in [2.45, 2.75) is 25.9 Å². The molecule has 0 heterocycles. The van der Waals surface area contributed by atoms with Crippen LogP contribution in [0.1, 0.15) is 34.6 Å². The maximum atomic E-state index is 13.4. The Morgan fingerprint density at radius 2 is 0.968 bits per heavy atom. The van der Waals surface area contributed by atoms with Gasteiger partial charge in [-0.1, -0.05) is 81.2 Å². The van der Waals surface area contributed by atoms with Crippen LogP contribution in [0.2, 0.25) is 30.1 Å². The van der Waals surface area contributed by atoms with Crippen molar-refractivity contribution in [3.63, 3.8) is 0 Å². The molecule has 0 saturated heterocycles. The van der Waals surface area contributed by atoms with Gasteiger partial charge < -0.3 is 26.0 Å². The molecule has 2 unspecified atom stereocenters. The summed E-state index contributed by atoms with van der Waals surface area (Å²) in [4.78, 5) is 77.9. The number of rotatable bonds is 16. The van der Waals surface area contributed by atoms with Crippen molar-refractivity contribution in [1.29, 1.82) is 0 Å². The molecular formula is C41H29Cl7N8O7. The van der Waals surface area contributed by atoms with E-state index in [1.807, 2.05) is 0 Å². The molecular weight excluding hydrogens is 965 g/mol. The summed E-state index contributed by atoms with van der Waals surface area (Å²) in [6, 6.07) is 17.5. The quantitative estimate of drug-likeness (QED) is 0.0426. The van der Waals surface area contributed by atoms with Crippen molar-refractivity contribution in [2.24, 2.45) is 20.5 Å². The monoisotopic (exact) mass is 990 g/mol. The summed E-state index contributed by atoms with van der Waals surface area (Å²) in [5, 5.41) is 27.4. The molecule has 0 bridgehead atoms. The molecule has 0 aliphatic carbocycles. The van der Waals surface area contributed by atoms with E-state index in [-0.39, 0.29) is 71.1 Å². The van der Waals surface area contributed by atoms with Crippen molar-refractivity contribution in [2.75, 3.05) is 27.3 Å². The van der Waals surface area contributed by atoms with Gasteiger partial charge in [0.15, 0.2) is 17.6 Å². The van der Waals surface area contributed by atoms with Gasteiger partial charge >= 0.3 is 0 Å². The first-order valence-electron chi connectivity index (χ1n) is 17.8. The number of hydrogen-bond acceptors (Lipinski definition) is 11. The Bertz CT molecular complexity index is 2700. The molecule has 5 aromatic rings. The summed E-state index contributed by atoms with van der Waals surface area (Å²) in [7, 11) is 0. The fraction of sp³-hybridized carbons (Fsp3) is 0.122. The number of carbonyl (C=O) groups excluding carboxylic acids is 6. The van der Waals surface area contributed by atoms with Crippen molar-refractivity contribution < 1.29 is 33.5 Å². The third-order valence-corrected chi connectivity index (χ3v) is 10.2. The predicted molar refractivity (Wildman–Crippen MR) is 245 cm³/mol. The van der Waals surface area contributed by atoms with Gasteiger partial charge in [0.05, 0.1) is 59.7 Å². The normalized spacial score (nSPS) is 12.1. The summed E-state index contributed by atoms with van der Waals surface area (Å²) >= 11 is 42.8. The average Bonchev–Trinajstić information content (AvgIpc) is 3.22.